The second-order valence-corrected chi connectivity index (χ2v) is 6.56. The molecule has 2 aromatic heterocycles. The predicted molar refractivity (Wildman–Crippen MR) is 96.7 cm³/mol. The molecule has 0 amide bonds. The van der Waals surface area contributed by atoms with Crippen molar-refractivity contribution >= 4 is 28.8 Å². The maximum atomic E-state index is 13.4. The molecule has 3 heterocycles. The van der Waals surface area contributed by atoms with E-state index in [0.29, 0.717) is 39.9 Å². The summed E-state index contributed by atoms with van der Waals surface area (Å²) in [5.41, 5.74) is 2.24. The zero-order valence-corrected chi connectivity index (χ0v) is 15.4. The van der Waals surface area contributed by atoms with Gasteiger partial charge in [0.2, 0.25) is 5.82 Å². The van der Waals surface area contributed by atoms with Crippen molar-refractivity contribution in [3.05, 3.63) is 52.3 Å². The summed E-state index contributed by atoms with van der Waals surface area (Å²) in [6, 6.07) is 4.15. The number of halogens is 2. The molecule has 4 rings (SSSR count). The molecule has 0 N–H and O–H groups in total. The number of hydrogen-bond donors (Lipinski definition) is 0. The van der Waals surface area contributed by atoms with Gasteiger partial charge in [-0.1, -0.05) is 16.8 Å². The molecule has 0 saturated carbocycles. The van der Waals surface area contributed by atoms with Crippen molar-refractivity contribution in [1.29, 1.82) is 0 Å². The largest absolute Gasteiger partial charge is 0.298 e. The Kier molecular flexibility index (Phi) is 4.74. The highest BCUT2D eigenvalue weighted by Gasteiger charge is 2.22. The fraction of sp³-hybridized carbons (Fsp3) is 0.250. The van der Waals surface area contributed by atoms with Crippen LogP contribution in [0, 0.1) is 5.82 Å². The van der Waals surface area contributed by atoms with E-state index in [1.54, 1.807) is 6.20 Å². The van der Waals surface area contributed by atoms with E-state index in [1.807, 2.05) is 0 Å². The van der Waals surface area contributed by atoms with Gasteiger partial charge in [-0.05, 0) is 35.9 Å². The van der Waals surface area contributed by atoms with E-state index in [9.17, 15) is 9.18 Å². The smallest absolute Gasteiger partial charge is 0.221 e. The summed E-state index contributed by atoms with van der Waals surface area (Å²) in [6.07, 6.45) is 2.03. The SMILES string of the molecule is CC(=O)Cn1nnc(C2=NN=C(c3cn(Cc4cc(F)ccc4Cl)nn3)C2)n1. The molecule has 0 fully saturated rings. The number of tetrazole rings is 1. The lowest BCUT2D eigenvalue weighted by molar-refractivity contribution is -0.117. The zero-order valence-electron chi connectivity index (χ0n) is 14.6. The van der Waals surface area contributed by atoms with Crippen LogP contribution in [0.2, 0.25) is 5.02 Å². The first kappa shape index (κ1) is 18.0. The van der Waals surface area contributed by atoms with Crippen LogP contribution in [-0.4, -0.2) is 52.4 Å². The highest BCUT2D eigenvalue weighted by Crippen LogP contribution is 2.18. The maximum absolute atomic E-state index is 13.4. The van der Waals surface area contributed by atoms with E-state index in [1.165, 1.54) is 34.6 Å². The molecule has 0 bridgehead atoms. The molecule has 28 heavy (non-hydrogen) atoms. The van der Waals surface area contributed by atoms with Crippen LogP contribution in [-0.2, 0) is 17.9 Å². The van der Waals surface area contributed by atoms with Gasteiger partial charge in [0.25, 0.3) is 0 Å². The van der Waals surface area contributed by atoms with Crippen LogP contribution in [0.3, 0.4) is 0 Å². The van der Waals surface area contributed by atoms with Crippen LogP contribution in [0.5, 0.6) is 0 Å². The van der Waals surface area contributed by atoms with Crippen molar-refractivity contribution in [1.82, 2.24) is 35.2 Å². The third-order valence-electron chi connectivity index (χ3n) is 3.88. The summed E-state index contributed by atoms with van der Waals surface area (Å²) in [5.74, 6) is -0.147. The lowest BCUT2D eigenvalue weighted by Crippen LogP contribution is -2.11. The topological polar surface area (TPSA) is 116 Å². The number of aromatic nitrogens is 7. The van der Waals surface area contributed by atoms with Gasteiger partial charge in [-0.3, -0.25) is 4.79 Å². The fourth-order valence-electron chi connectivity index (χ4n) is 2.59. The van der Waals surface area contributed by atoms with Gasteiger partial charge in [0.1, 0.15) is 23.8 Å². The molecule has 0 unspecified atom stereocenters. The van der Waals surface area contributed by atoms with Crippen LogP contribution < -0.4 is 0 Å². The molecular weight excluding hydrogens is 389 g/mol. The van der Waals surface area contributed by atoms with Crippen LogP contribution in [0.4, 0.5) is 4.39 Å². The number of ketones is 1. The predicted octanol–water partition coefficient (Wildman–Crippen LogP) is 1.29. The minimum absolute atomic E-state index is 0.0466. The fourth-order valence-corrected chi connectivity index (χ4v) is 2.76. The number of hydrogen-bond acceptors (Lipinski definition) is 8. The van der Waals surface area contributed by atoms with Gasteiger partial charge < -0.3 is 0 Å². The van der Waals surface area contributed by atoms with E-state index in [2.05, 4.69) is 35.9 Å². The Morgan fingerprint density at radius 3 is 2.86 bits per heavy atom. The molecule has 1 aliphatic heterocycles. The summed E-state index contributed by atoms with van der Waals surface area (Å²) >= 11 is 6.09. The lowest BCUT2D eigenvalue weighted by Gasteiger charge is -2.03. The Hall–Kier alpha value is -3.34. The normalized spacial score (nSPS) is 13.5. The van der Waals surface area contributed by atoms with Crippen molar-refractivity contribution in [3.63, 3.8) is 0 Å². The molecule has 1 aliphatic rings. The molecular formula is C16H13ClFN9O. The standard InChI is InChI=1S/C16H13ClFN9O/c1-9(28)6-27-23-16(22-25-27)14-5-13(19-20-14)15-8-26(24-21-15)7-10-4-11(18)2-3-12(10)17/h2-4,8H,5-7H2,1H3. The molecule has 0 aliphatic carbocycles. The van der Waals surface area contributed by atoms with Gasteiger partial charge in [0.05, 0.1) is 18.5 Å². The van der Waals surface area contributed by atoms with Gasteiger partial charge in [0.15, 0.2) is 5.78 Å². The first-order chi connectivity index (χ1) is 13.5. The van der Waals surface area contributed by atoms with E-state index < -0.39 is 0 Å². The number of rotatable bonds is 6. The molecule has 0 radical (unpaired) electrons. The molecule has 0 atom stereocenters. The minimum Gasteiger partial charge on any atom is -0.298 e. The lowest BCUT2D eigenvalue weighted by atomic mass is 10.1. The number of benzene rings is 1. The molecule has 1 aromatic carbocycles. The highest BCUT2D eigenvalue weighted by molar-refractivity contribution is 6.31. The van der Waals surface area contributed by atoms with Gasteiger partial charge in [0, 0.05) is 11.4 Å². The first-order valence-electron chi connectivity index (χ1n) is 8.23. The van der Waals surface area contributed by atoms with Crippen LogP contribution in [0.15, 0.2) is 34.6 Å². The summed E-state index contributed by atoms with van der Waals surface area (Å²) in [5, 5.41) is 28.6. The number of carbonyl (C=O) groups is 1. The van der Waals surface area contributed by atoms with Gasteiger partial charge in [-0.15, -0.1) is 15.3 Å². The summed E-state index contributed by atoms with van der Waals surface area (Å²) in [7, 11) is 0. The Balaban J connectivity index is 1.44. The second-order valence-electron chi connectivity index (χ2n) is 6.15. The van der Waals surface area contributed by atoms with Crippen molar-refractivity contribution in [2.75, 3.05) is 0 Å². The molecule has 10 nitrogen and oxygen atoms in total. The Morgan fingerprint density at radius 2 is 2.04 bits per heavy atom. The Morgan fingerprint density at radius 1 is 1.21 bits per heavy atom. The van der Waals surface area contributed by atoms with E-state index in [4.69, 9.17) is 11.6 Å². The Bertz CT molecular complexity index is 1120. The first-order valence-corrected chi connectivity index (χ1v) is 8.61. The average molecular weight is 402 g/mol. The quantitative estimate of drug-likeness (QED) is 0.614. The van der Waals surface area contributed by atoms with Crippen LogP contribution >= 0.6 is 11.6 Å². The molecule has 0 spiro atoms. The van der Waals surface area contributed by atoms with Crippen molar-refractivity contribution in [2.45, 2.75) is 26.4 Å². The zero-order chi connectivity index (χ0) is 19.7. The number of Topliss-reactive ketones (excluding diaryl/α,β-unsaturated/α-hetero) is 1. The van der Waals surface area contributed by atoms with Gasteiger partial charge in [-0.2, -0.15) is 15.0 Å². The summed E-state index contributed by atoms with van der Waals surface area (Å²) < 4.78 is 14.9. The minimum atomic E-state index is -0.372. The third-order valence-corrected chi connectivity index (χ3v) is 4.24. The average Bonchev–Trinajstić information content (AvgIpc) is 3.37. The van der Waals surface area contributed by atoms with Crippen molar-refractivity contribution < 1.29 is 9.18 Å². The van der Waals surface area contributed by atoms with Gasteiger partial charge in [-0.25, -0.2) is 9.07 Å². The molecule has 0 saturated heterocycles. The number of carbonyl (C=O) groups excluding carboxylic acids is 1. The second kappa shape index (κ2) is 7.35. The third kappa shape index (κ3) is 3.83. The Labute approximate surface area is 162 Å². The monoisotopic (exact) mass is 401 g/mol. The van der Waals surface area contributed by atoms with Gasteiger partial charge >= 0.3 is 0 Å². The van der Waals surface area contributed by atoms with E-state index in [-0.39, 0.29) is 24.7 Å². The van der Waals surface area contributed by atoms with Crippen molar-refractivity contribution in [3.8, 4) is 0 Å². The summed E-state index contributed by atoms with van der Waals surface area (Å²) in [6.45, 7) is 1.76. The highest BCUT2D eigenvalue weighted by atomic mass is 35.5. The van der Waals surface area contributed by atoms with E-state index in [0.717, 1.165) is 0 Å². The molecule has 12 heteroatoms. The molecule has 142 valence electrons. The van der Waals surface area contributed by atoms with E-state index >= 15 is 0 Å². The maximum Gasteiger partial charge on any atom is 0.221 e. The summed E-state index contributed by atoms with van der Waals surface area (Å²) in [4.78, 5) is 12.3. The molecule has 3 aromatic rings. The number of nitrogens with zero attached hydrogens (tertiary/aromatic N) is 9. The van der Waals surface area contributed by atoms with Crippen molar-refractivity contribution in [2.24, 2.45) is 10.2 Å². The van der Waals surface area contributed by atoms with Crippen LogP contribution in [0.25, 0.3) is 0 Å². The van der Waals surface area contributed by atoms with Crippen LogP contribution in [0.1, 0.15) is 30.4 Å².